The van der Waals surface area contributed by atoms with Gasteiger partial charge in [0.05, 0.1) is 48.7 Å². The van der Waals surface area contributed by atoms with Gasteiger partial charge in [0.15, 0.2) is 5.76 Å². The summed E-state index contributed by atoms with van der Waals surface area (Å²) in [6.07, 6.45) is 7.35. The number of aromatic nitrogens is 4. The van der Waals surface area contributed by atoms with Crippen molar-refractivity contribution in [3.63, 3.8) is 0 Å². The Balaban J connectivity index is 0.00000455. The third-order valence-corrected chi connectivity index (χ3v) is 10.1. The zero-order chi connectivity index (χ0) is 38.6. The molecule has 1 N–H and O–H groups in total. The van der Waals surface area contributed by atoms with E-state index in [0.29, 0.717) is 39.5 Å². The molecule has 1 aliphatic carbocycles. The number of rotatable bonds is 8. The van der Waals surface area contributed by atoms with Gasteiger partial charge in [0.1, 0.15) is 11.5 Å². The quantitative estimate of drug-likeness (QED) is 0.150. The van der Waals surface area contributed by atoms with Gasteiger partial charge in [-0.15, -0.1) is 22.1 Å². The van der Waals surface area contributed by atoms with Crippen molar-refractivity contribution in [1.82, 2.24) is 19.9 Å². The second kappa shape index (κ2) is 15.0. The molecule has 57 heavy (non-hydrogen) atoms. The summed E-state index contributed by atoms with van der Waals surface area (Å²) in [4.78, 5) is 35.4. The van der Waals surface area contributed by atoms with Crippen LogP contribution in [0.15, 0.2) is 115 Å². The molecule has 10 heteroatoms. The molecule has 0 spiro atoms. The second-order valence-electron chi connectivity index (χ2n) is 13.9. The van der Waals surface area contributed by atoms with E-state index in [2.05, 4.69) is 0 Å². The molecule has 276 valence electrons. The molecule has 3 aromatic heterocycles. The predicted molar refractivity (Wildman–Crippen MR) is 219 cm³/mol. The Kier molecular flexibility index (Phi) is 9.86. The van der Waals surface area contributed by atoms with Crippen LogP contribution in [0.4, 0.5) is 0 Å². The average Bonchev–Trinajstić information content (AvgIpc) is 4.07. The molecule has 9 nitrogen and oxygen atoms in total. The van der Waals surface area contributed by atoms with E-state index >= 15 is 0 Å². The summed E-state index contributed by atoms with van der Waals surface area (Å²) >= 11 is 0. The number of Topliss-reactive ketones (excluding diaryl/α,β-unsaturated/α-hetero) is 1. The fraction of sp³-hybridized carbons (Fsp3) is 0.128. The molecule has 2 aliphatic heterocycles. The zero-order valence-electron chi connectivity index (χ0n) is 31.9. The maximum atomic E-state index is 14.9. The Hall–Kier alpha value is -6.35. The van der Waals surface area contributed by atoms with Crippen molar-refractivity contribution >= 4 is 57.7 Å². The minimum absolute atomic E-state index is 0. The molecule has 3 aliphatic rings. The zero-order valence-corrected chi connectivity index (χ0v) is 34.8. The van der Waals surface area contributed by atoms with Crippen LogP contribution in [0.1, 0.15) is 47.8 Å². The van der Waals surface area contributed by atoms with E-state index in [4.69, 9.17) is 34.1 Å². The second-order valence-corrected chi connectivity index (χ2v) is 13.9. The van der Waals surface area contributed by atoms with Crippen molar-refractivity contribution in [1.29, 1.82) is 0 Å². The van der Waals surface area contributed by atoms with Gasteiger partial charge in [-0.1, -0.05) is 91.0 Å². The van der Waals surface area contributed by atoms with Crippen molar-refractivity contribution in [2.45, 2.75) is 25.6 Å². The van der Waals surface area contributed by atoms with E-state index in [1.165, 1.54) is 14.2 Å². The summed E-state index contributed by atoms with van der Waals surface area (Å²) in [6, 6.07) is 34.6. The Labute approximate surface area is 342 Å². The van der Waals surface area contributed by atoms with Gasteiger partial charge in [0.2, 0.25) is 11.4 Å². The molecule has 0 radical (unpaired) electrons. The van der Waals surface area contributed by atoms with Crippen molar-refractivity contribution in [2.24, 2.45) is 0 Å². The van der Waals surface area contributed by atoms with Gasteiger partial charge in [0.25, 0.3) is 0 Å². The van der Waals surface area contributed by atoms with Gasteiger partial charge in [-0.05, 0) is 84.2 Å². The van der Waals surface area contributed by atoms with Crippen LogP contribution in [0.25, 0.3) is 74.2 Å². The minimum Gasteiger partial charge on any atom is -0.657 e. The van der Waals surface area contributed by atoms with Gasteiger partial charge >= 0.3 is 19.5 Å². The Bertz CT molecular complexity index is 2780. The maximum Gasteiger partial charge on any atom is 2.00 e. The molecule has 0 amide bonds. The number of hydrogen-bond acceptors (Lipinski definition) is 7. The van der Waals surface area contributed by atoms with Crippen LogP contribution < -0.4 is 19.4 Å². The van der Waals surface area contributed by atoms with E-state index in [9.17, 15) is 9.90 Å². The number of hydrogen-bond donors (Lipinski definition) is 1. The molecular weight excluding hydrogens is 766 g/mol. The molecule has 0 saturated heterocycles. The number of ether oxygens (including phenoxy) is 3. The van der Waals surface area contributed by atoms with E-state index in [1.54, 1.807) is 18.2 Å². The molecule has 6 aromatic rings. The van der Waals surface area contributed by atoms with E-state index in [1.807, 2.05) is 129 Å². The molecule has 3 aromatic carbocycles. The average molecular weight is 802 g/mol. The van der Waals surface area contributed by atoms with Gasteiger partial charge < -0.3 is 29.3 Å². The molecule has 1 unspecified atom stereocenters. The number of aliphatic hydroxyl groups is 1. The number of ketones is 1. The smallest absolute Gasteiger partial charge is 0.657 e. The Morgan fingerprint density at radius 2 is 1.23 bits per heavy atom. The molecule has 0 fully saturated rings. The summed E-state index contributed by atoms with van der Waals surface area (Å²) < 4.78 is 17.6. The van der Waals surface area contributed by atoms with Gasteiger partial charge in [0, 0.05) is 5.56 Å². The van der Waals surface area contributed by atoms with Crippen LogP contribution in [0.3, 0.4) is 0 Å². The largest absolute Gasteiger partial charge is 2.00 e. The van der Waals surface area contributed by atoms with Crippen LogP contribution in [0.2, 0.25) is 0 Å². The molecule has 5 heterocycles. The van der Waals surface area contributed by atoms with Crippen LogP contribution >= 0.6 is 0 Å². The number of carbonyl (C=O) groups is 1. The van der Waals surface area contributed by atoms with Gasteiger partial charge in [-0.3, -0.25) is 4.79 Å². The first-order chi connectivity index (χ1) is 27.3. The van der Waals surface area contributed by atoms with E-state index < -0.39 is 17.5 Å². The fourth-order valence-electron chi connectivity index (χ4n) is 7.53. The standard InChI is InChI=1S/C47H36N4O5.Zn/c1-27(2)56-46-44(45(52)47(46,53)33-26-32(54-3)17-24-40(33)55-4)43-38-22-20-36(50-38)41(28-11-7-5-8-12-28)34-18-15-30(48-34)25-31-16-19-35(49-31)42(29-13-9-6-10-14-29)37-21-23-39(43)51-37;/h5-27,53H,1-4H3;/q-2;+2. The van der Waals surface area contributed by atoms with Crippen LogP contribution in [-0.2, 0) is 34.6 Å². The number of carbonyl (C=O) groups excluding carboxylic acids is 1. The number of nitrogens with zero attached hydrogens (tertiary/aromatic N) is 4. The molecular formula is C47H36N4O5Zn. The summed E-state index contributed by atoms with van der Waals surface area (Å²) in [5, 5.41) is 12.5. The van der Waals surface area contributed by atoms with Gasteiger partial charge in [-0.2, -0.15) is 0 Å². The topological polar surface area (TPSA) is 119 Å². The van der Waals surface area contributed by atoms with Crippen molar-refractivity contribution < 1.29 is 43.6 Å². The Morgan fingerprint density at radius 1 is 0.649 bits per heavy atom. The van der Waals surface area contributed by atoms with E-state index in [-0.39, 0.29) is 36.4 Å². The summed E-state index contributed by atoms with van der Waals surface area (Å²) in [5.41, 5.74) is 7.35. The van der Waals surface area contributed by atoms with Crippen molar-refractivity contribution in [3.05, 3.63) is 149 Å². The molecule has 1 atom stereocenters. The molecule has 0 saturated carbocycles. The third kappa shape index (κ3) is 6.41. The summed E-state index contributed by atoms with van der Waals surface area (Å²) in [7, 11) is 3.01. The fourth-order valence-corrected chi connectivity index (χ4v) is 7.53. The number of methoxy groups -OCH3 is 2. The predicted octanol–water partition coefficient (Wildman–Crippen LogP) is 8.87. The monoisotopic (exact) mass is 800 g/mol. The van der Waals surface area contributed by atoms with Crippen molar-refractivity contribution in [2.75, 3.05) is 14.2 Å². The Morgan fingerprint density at radius 3 is 1.86 bits per heavy atom. The molecule has 9 rings (SSSR count). The summed E-state index contributed by atoms with van der Waals surface area (Å²) in [5.74, 6) is 0.237. The molecule has 8 bridgehead atoms. The first-order valence-electron chi connectivity index (χ1n) is 18.3. The minimum atomic E-state index is -2.18. The first kappa shape index (κ1) is 37.6. The maximum absolute atomic E-state index is 14.9. The first-order valence-corrected chi connectivity index (χ1v) is 18.3. The van der Waals surface area contributed by atoms with E-state index in [0.717, 1.165) is 44.7 Å². The van der Waals surface area contributed by atoms with Crippen LogP contribution in [-0.4, -0.2) is 41.2 Å². The van der Waals surface area contributed by atoms with Crippen molar-refractivity contribution in [3.8, 4) is 33.8 Å². The van der Waals surface area contributed by atoms with Crippen LogP contribution in [0, 0.1) is 0 Å². The number of benzene rings is 3. The SMILES string of the molecule is COc1ccc(OC)c(C2(O)C(=O)C(c3c4nc(c(-c5ccccc5)c5ccc(cc6nc(c(-c7ccccc7)c7ccc3[n-]7)C=C6)[n-]5)C=C4)=C2OC(C)C)c1.[Zn+2]. The number of fused-ring (bicyclic) bond motifs is 8. The van der Waals surface area contributed by atoms with Gasteiger partial charge in [-0.25, -0.2) is 9.97 Å². The third-order valence-electron chi connectivity index (χ3n) is 10.1. The normalized spacial score (nSPS) is 15.7. The summed E-state index contributed by atoms with van der Waals surface area (Å²) in [6.45, 7) is 3.69. The van der Waals surface area contributed by atoms with Crippen LogP contribution in [0.5, 0.6) is 11.5 Å².